The van der Waals surface area contributed by atoms with Crippen molar-refractivity contribution in [2.24, 2.45) is 0 Å². The quantitative estimate of drug-likeness (QED) is 0.812. The molecule has 0 heterocycles. The Morgan fingerprint density at radius 1 is 1.40 bits per heavy atom. The molecule has 0 aliphatic carbocycles. The number of para-hydroxylation sites is 1. The molecule has 0 spiro atoms. The Hall–Kier alpha value is -1.26. The van der Waals surface area contributed by atoms with Crippen LogP contribution in [0.3, 0.4) is 0 Å². The van der Waals surface area contributed by atoms with Crippen molar-refractivity contribution in [2.45, 2.75) is 33.4 Å². The van der Waals surface area contributed by atoms with Gasteiger partial charge in [-0.05, 0) is 18.6 Å². The van der Waals surface area contributed by atoms with E-state index in [2.05, 4.69) is 24.5 Å². The molecule has 0 unspecified atom stereocenters. The molecular formula is C15H24ClN3O. The van der Waals surface area contributed by atoms with Gasteiger partial charge in [-0.1, -0.05) is 37.6 Å². The lowest BCUT2D eigenvalue weighted by Gasteiger charge is -2.24. The second kappa shape index (κ2) is 8.12. The molecule has 0 saturated heterocycles. The van der Waals surface area contributed by atoms with Crippen molar-refractivity contribution in [1.29, 1.82) is 0 Å². The molecule has 0 aliphatic heterocycles. The van der Waals surface area contributed by atoms with Crippen LogP contribution in [0.15, 0.2) is 18.2 Å². The summed E-state index contributed by atoms with van der Waals surface area (Å²) in [6.07, 6.45) is 0. The van der Waals surface area contributed by atoms with Crippen LogP contribution in [0.4, 0.5) is 5.69 Å². The van der Waals surface area contributed by atoms with E-state index < -0.39 is 0 Å². The first-order valence-electron chi connectivity index (χ1n) is 6.94. The first-order chi connectivity index (χ1) is 9.45. The molecular weight excluding hydrogens is 274 g/mol. The predicted molar refractivity (Wildman–Crippen MR) is 85.4 cm³/mol. The summed E-state index contributed by atoms with van der Waals surface area (Å²) in [5.41, 5.74) is 2.01. The maximum absolute atomic E-state index is 11.7. The number of nitrogens with zero attached hydrogens (tertiary/aromatic N) is 1. The van der Waals surface area contributed by atoms with Crippen molar-refractivity contribution >= 4 is 23.2 Å². The normalized spacial score (nSPS) is 10.7. The molecule has 4 nitrogen and oxygen atoms in total. The summed E-state index contributed by atoms with van der Waals surface area (Å²) in [5.74, 6) is -0.00214. The number of anilines is 1. The molecule has 1 amide bonds. The first kappa shape index (κ1) is 16.8. The number of amides is 1. The fourth-order valence-corrected chi connectivity index (χ4v) is 2.33. The second-order valence-corrected chi connectivity index (χ2v) is 5.50. The lowest BCUT2D eigenvalue weighted by Crippen LogP contribution is -2.35. The summed E-state index contributed by atoms with van der Waals surface area (Å²) in [6, 6.07) is 6.22. The molecule has 2 N–H and O–H groups in total. The van der Waals surface area contributed by atoms with Crippen LogP contribution in [-0.4, -0.2) is 32.1 Å². The fourth-order valence-electron chi connectivity index (χ4n) is 1.99. The number of likely N-dealkylation sites (N-methyl/N-ethyl adjacent to an activating group) is 2. The van der Waals surface area contributed by atoms with Gasteiger partial charge >= 0.3 is 0 Å². The molecule has 0 atom stereocenters. The highest BCUT2D eigenvalue weighted by Crippen LogP contribution is 2.29. The molecule has 0 aromatic heterocycles. The molecule has 0 bridgehead atoms. The van der Waals surface area contributed by atoms with Crippen LogP contribution in [0.5, 0.6) is 0 Å². The Kier molecular flexibility index (Phi) is 6.82. The Morgan fingerprint density at radius 3 is 2.70 bits per heavy atom. The zero-order valence-electron chi connectivity index (χ0n) is 12.7. The van der Waals surface area contributed by atoms with E-state index in [9.17, 15) is 4.79 Å². The van der Waals surface area contributed by atoms with Gasteiger partial charge in [-0.3, -0.25) is 4.79 Å². The number of carbonyl (C=O) groups is 1. The summed E-state index contributed by atoms with van der Waals surface area (Å²) in [7, 11) is 1.88. The van der Waals surface area contributed by atoms with E-state index in [1.165, 1.54) is 0 Å². The van der Waals surface area contributed by atoms with E-state index in [0.717, 1.165) is 17.8 Å². The highest BCUT2D eigenvalue weighted by Gasteiger charge is 2.14. The van der Waals surface area contributed by atoms with Gasteiger partial charge in [-0.2, -0.15) is 0 Å². The maximum Gasteiger partial charge on any atom is 0.239 e. The minimum atomic E-state index is -0.00214. The predicted octanol–water partition coefficient (Wildman–Crippen LogP) is 2.41. The molecule has 0 radical (unpaired) electrons. The van der Waals surface area contributed by atoms with Gasteiger partial charge in [0.15, 0.2) is 0 Å². The highest BCUT2D eigenvalue weighted by molar-refractivity contribution is 6.33. The average Bonchev–Trinajstić information content (AvgIpc) is 2.36. The van der Waals surface area contributed by atoms with Crippen LogP contribution in [-0.2, 0) is 11.3 Å². The number of carbonyl (C=O) groups excluding carboxylic acids is 1. The standard InChI is InChI=1S/C15H24ClN3O/c1-5-17-14(20)10-19(4)15-12(9-18-11(2)3)7-6-8-13(15)16/h6-8,11,18H,5,9-10H2,1-4H3,(H,17,20). The lowest BCUT2D eigenvalue weighted by molar-refractivity contribution is -0.119. The van der Waals surface area contributed by atoms with Gasteiger partial charge in [-0.15, -0.1) is 0 Å². The molecule has 0 fully saturated rings. The van der Waals surface area contributed by atoms with Crippen LogP contribution < -0.4 is 15.5 Å². The van der Waals surface area contributed by atoms with Gasteiger partial charge < -0.3 is 15.5 Å². The van der Waals surface area contributed by atoms with Gasteiger partial charge in [0.05, 0.1) is 17.3 Å². The van der Waals surface area contributed by atoms with Crippen molar-refractivity contribution in [2.75, 3.05) is 25.0 Å². The van der Waals surface area contributed by atoms with Crippen molar-refractivity contribution < 1.29 is 4.79 Å². The number of nitrogens with one attached hydrogen (secondary N) is 2. The van der Waals surface area contributed by atoms with E-state index in [4.69, 9.17) is 11.6 Å². The van der Waals surface area contributed by atoms with E-state index in [1.807, 2.05) is 37.1 Å². The molecule has 0 aliphatic rings. The molecule has 0 saturated carbocycles. The van der Waals surface area contributed by atoms with Crippen molar-refractivity contribution in [3.63, 3.8) is 0 Å². The summed E-state index contributed by atoms with van der Waals surface area (Å²) in [6.45, 7) is 7.77. The number of benzene rings is 1. The van der Waals surface area contributed by atoms with Gasteiger partial charge in [0, 0.05) is 26.2 Å². The molecule has 5 heteroatoms. The van der Waals surface area contributed by atoms with Gasteiger partial charge in [-0.25, -0.2) is 0 Å². The molecule has 1 rings (SSSR count). The number of rotatable bonds is 7. The lowest BCUT2D eigenvalue weighted by atomic mass is 10.1. The average molecular weight is 298 g/mol. The zero-order chi connectivity index (χ0) is 15.1. The van der Waals surface area contributed by atoms with Gasteiger partial charge in [0.2, 0.25) is 5.91 Å². The third-order valence-electron chi connectivity index (χ3n) is 2.91. The van der Waals surface area contributed by atoms with Crippen molar-refractivity contribution in [3.05, 3.63) is 28.8 Å². The van der Waals surface area contributed by atoms with Crippen LogP contribution in [0, 0.1) is 0 Å². The number of halogens is 1. The Labute approximate surface area is 126 Å². The second-order valence-electron chi connectivity index (χ2n) is 5.09. The maximum atomic E-state index is 11.7. The van der Waals surface area contributed by atoms with Crippen LogP contribution >= 0.6 is 11.6 Å². The number of hydrogen-bond donors (Lipinski definition) is 2. The SMILES string of the molecule is CCNC(=O)CN(C)c1c(Cl)cccc1CNC(C)C. The highest BCUT2D eigenvalue weighted by atomic mass is 35.5. The Balaban J connectivity index is 2.88. The Bertz CT molecular complexity index is 449. The van der Waals surface area contributed by atoms with E-state index in [1.54, 1.807) is 0 Å². The molecule has 112 valence electrons. The van der Waals surface area contributed by atoms with Crippen molar-refractivity contribution in [1.82, 2.24) is 10.6 Å². The monoisotopic (exact) mass is 297 g/mol. The van der Waals surface area contributed by atoms with Gasteiger partial charge in [0.1, 0.15) is 0 Å². The zero-order valence-corrected chi connectivity index (χ0v) is 13.4. The summed E-state index contributed by atoms with van der Waals surface area (Å²) >= 11 is 6.30. The number of hydrogen-bond acceptors (Lipinski definition) is 3. The molecule has 1 aromatic rings. The van der Waals surface area contributed by atoms with Crippen LogP contribution in [0.25, 0.3) is 0 Å². The van der Waals surface area contributed by atoms with E-state index in [-0.39, 0.29) is 5.91 Å². The van der Waals surface area contributed by atoms with Crippen LogP contribution in [0.1, 0.15) is 26.3 Å². The Morgan fingerprint density at radius 2 is 2.10 bits per heavy atom. The summed E-state index contributed by atoms with van der Waals surface area (Å²) in [5, 5.41) is 6.84. The largest absolute Gasteiger partial charge is 0.364 e. The van der Waals surface area contributed by atoms with Gasteiger partial charge in [0.25, 0.3) is 0 Å². The van der Waals surface area contributed by atoms with Crippen molar-refractivity contribution in [3.8, 4) is 0 Å². The first-order valence-corrected chi connectivity index (χ1v) is 7.32. The fraction of sp³-hybridized carbons (Fsp3) is 0.533. The topological polar surface area (TPSA) is 44.4 Å². The molecule has 1 aromatic carbocycles. The van der Waals surface area contributed by atoms with E-state index >= 15 is 0 Å². The third-order valence-corrected chi connectivity index (χ3v) is 3.21. The summed E-state index contributed by atoms with van der Waals surface area (Å²) < 4.78 is 0. The van der Waals surface area contributed by atoms with E-state index in [0.29, 0.717) is 24.2 Å². The minimum Gasteiger partial charge on any atom is -0.364 e. The smallest absolute Gasteiger partial charge is 0.239 e. The van der Waals surface area contributed by atoms with Crippen LogP contribution in [0.2, 0.25) is 5.02 Å². The third kappa shape index (κ3) is 5.02. The minimum absolute atomic E-state index is 0.00214. The molecule has 20 heavy (non-hydrogen) atoms. The summed E-state index contributed by atoms with van der Waals surface area (Å²) in [4.78, 5) is 13.6.